The van der Waals surface area contributed by atoms with E-state index in [-0.39, 0.29) is 12.6 Å². The molecule has 0 radical (unpaired) electrons. The molecule has 0 bridgehead atoms. The highest BCUT2D eigenvalue weighted by molar-refractivity contribution is 7.93. The van der Waals surface area contributed by atoms with E-state index in [4.69, 9.17) is 9.72 Å². The lowest BCUT2D eigenvalue weighted by atomic mass is 9.98. The summed E-state index contributed by atoms with van der Waals surface area (Å²) in [5.74, 6) is 1.08. The van der Waals surface area contributed by atoms with Crippen LogP contribution in [0.2, 0.25) is 0 Å². The number of benzene rings is 3. The van der Waals surface area contributed by atoms with Crippen LogP contribution in [-0.2, 0) is 14.5 Å². The van der Waals surface area contributed by atoms with Gasteiger partial charge in [0.15, 0.2) is 0 Å². The van der Waals surface area contributed by atoms with Crippen LogP contribution in [0.5, 0.6) is 0 Å². The van der Waals surface area contributed by atoms with Crippen molar-refractivity contribution in [3.63, 3.8) is 0 Å². The Morgan fingerprint density at radius 3 is 2.20 bits per heavy atom. The number of rotatable bonds is 9. The molecule has 0 aliphatic rings. The molecule has 3 aromatic carbocycles. The number of carbonyl (C=O) groups excluding carboxylic acids is 1. The van der Waals surface area contributed by atoms with Crippen LogP contribution < -0.4 is 10.6 Å². The monoisotopic (exact) mass is 583 g/mol. The average molecular weight is 584 g/mol. The number of thiophene rings is 1. The Labute approximate surface area is 243 Å². The first-order chi connectivity index (χ1) is 19.9. The van der Waals surface area contributed by atoms with Crippen molar-refractivity contribution in [3.05, 3.63) is 120 Å². The standard InChI is InChI=1S/C31H29N5O3S2/c1-3-39-31(37)36-41(2,38)25-18-16-24(17-19-25)33-30-32-21-26(27-15-10-20-40-27)29(35-30)34-28(22-11-6-4-7-12-22)23-13-8-5-9-14-23/h4-21,28H,3H2,1-2H3,(H2,32,33,34,35). The third kappa shape index (κ3) is 6.97. The number of hydrogen-bond acceptors (Lipinski definition) is 8. The second kappa shape index (κ2) is 12.8. The van der Waals surface area contributed by atoms with Crippen molar-refractivity contribution in [1.29, 1.82) is 0 Å². The van der Waals surface area contributed by atoms with Gasteiger partial charge in [0.2, 0.25) is 5.95 Å². The van der Waals surface area contributed by atoms with Gasteiger partial charge in [0.1, 0.15) is 5.82 Å². The van der Waals surface area contributed by atoms with Crippen LogP contribution >= 0.6 is 11.3 Å². The molecule has 0 spiro atoms. The Morgan fingerprint density at radius 2 is 1.61 bits per heavy atom. The molecular weight excluding hydrogens is 555 g/mol. The van der Waals surface area contributed by atoms with Crippen molar-refractivity contribution in [2.24, 2.45) is 4.36 Å². The molecule has 0 aliphatic carbocycles. The number of carbonyl (C=O) groups is 1. The van der Waals surface area contributed by atoms with Crippen molar-refractivity contribution < 1.29 is 13.7 Å². The first-order valence-corrected chi connectivity index (χ1v) is 15.8. The Bertz CT molecular complexity index is 1680. The summed E-state index contributed by atoms with van der Waals surface area (Å²) < 4.78 is 21.5. The predicted octanol–water partition coefficient (Wildman–Crippen LogP) is 7.76. The molecule has 0 aliphatic heterocycles. The Morgan fingerprint density at radius 1 is 0.951 bits per heavy atom. The lowest BCUT2D eigenvalue weighted by Crippen LogP contribution is -2.15. The van der Waals surface area contributed by atoms with Crippen LogP contribution in [0.1, 0.15) is 24.1 Å². The van der Waals surface area contributed by atoms with E-state index < -0.39 is 15.8 Å². The third-order valence-electron chi connectivity index (χ3n) is 6.19. The SMILES string of the molecule is CCOC(=O)N=S(C)(=O)c1ccc(Nc2ncc(-c3cccs3)c(NC(c3ccccc3)c3ccccc3)n2)cc1. The molecule has 8 nitrogen and oxygen atoms in total. The summed E-state index contributed by atoms with van der Waals surface area (Å²) in [6.07, 6.45) is 2.37. The summed E-state index contributed by atoms with van der Waals surface area (Å²) in [4.78, 5) is 22.7. The van der Waals surface area contributed by atoms with Gasteiger partial charge in [0.25, 0.3) is 0 Å². The van der Waals surface area contributed by atoms with Crippen LogP contribution in [0.25, 0.3) is 10.4 Å². The maximum Gasteiger partial charge on any atom is 0.442 e. The van der Waals surface area contributed by atoms with Crippen molar-refractivity contribution in [2.45, 2.75) is 17.9 Å². The molecule has 208 valence electrons. The summed E-state index contributed by atoms with van der Waals surface area (Å²) in [5, 5.41) is 8.94. The van der Waals surface area contributed by atoms with E-state index in [1.165, 1.54) is 6.26 Å². The van der Waals surface area contributed by atoms with Crippen molar-refractivity contribution in [2.75, 3.05) is 23.5 Å². The smallest absolute Gasteiger partial charge is 0.442 e. The van der Waals surface area contributed by atoms with Crippen LogP contribution in [0, 0.1) is 0 Å². The molecule has 10 heteroatoms. The van der Waals surface area contributed by atoms with Crippen LogP contribution in [0.3, 0.4) is 0 Å². The molecule has 2 N–H and O–H groups in total. The zero-order valence-electron chi connectivity index (χ0n) is 22.6. The Hall–Kier alpha value is -4.54. The average Bonchev–Trinajstić information content (AvgIpc) is 3.52. The van der Waals surface area contributed by atoms with E-state index >= 15 is 0 Å². The van der Waals surface area contributed by atoms with Gasteiger partial charge >= 0.3 is 6.09 Å². The fourth-order valence-corrected chi connectivity index (χ4v) is 6.04. The fraction of sp³-hybridized carbons (Fsp3) is 0.129. The minimum Gasteiger partial charge on any atom is -0.448 e. The molecule has 5 rings (SSSR count). The number of ether oxygens (including phenoxy) is 1. The highest BCUT2D eigenvalue weighted by Gasteiger charge is 2.19. The largest absolute Gasteiger partial charge is 0.448 e. The van der Waals surface area contributed by atoms with Gasteiger partial charge < -0.3 is 15.4 Å². The molecule has 0 saturated carbocycles. The minimum atomic E-state index is -2.94. The highest BCUT2D eigenvalue weighted by atomic mass is 32.2. The normalized spacial score (nSPS) is 12.4. The number of nitrogens with one attached hydrogen (secondary N) is 2. The van der Waals surface area contributed by atoms with E-state index in [0.717, 1.165) is 21.6 Å². The second-order valence-electron chi connectivity index (χ2n) is 9.07. The van der Waals surface area contributed by atoms with Gasteiger partial charge in [-0.15, -0.1) is 15.7 Å². The quantitative estimate of drug-likeness (QED) is 0.183. The number of hydrogen-bond donors (Lipinski definition) is 2. The first-order valence-electron chi connectivity index (χ1n) is 13.0. The van der Waals surface area contributed by atoms with Gasteiger partial charge in [-0.25, -0.2) is 14.0 Å². The van der Waals surface area contributed by atoms with E-state index in [0.29, 0.717) is 22.3 Å². The van der Waals surface area contributed by atoms with E-state index in [9.17, 15) is 9.00 Å². The number of anilines is 3. The van der Waals surface area contributed by atoms with E-state index in [2.05, 4.69) is 44.2 Å². The minimum absolute atomic E-state index is 0.140. The number of nitrogens with zero attached hydrogens (tertiary/aromatic N) is 3. The summed E-state index contributed by atoms with van der Waals surface area (Å²) in [7, 11) is -2.94. The van der Waals surface area contributed by atoms with Gasteiger partial charge in [0.05, 0.1) is 27.9 Å². The van der Waals surface area contributed by atoms with Crippen LogP contribution in [0.15, 0.2) is 118 Å². The first kappa shape index (κ1) is 28.0. The second-order valence-corrected chi connectivity index (χ2v) is 12.3. The molecule has 0 fully saturated rings. The maximum atomic E-state index is 13.0. The van der Waals surface area contributed by atoms with Crippen molar-refractivity contribution in [1.82, 2.24) is 9.97 Å². The number of amides is 1. The van der Waals surface area contributed by atoms with Crippen molar-refractivity contribution >= 4 is 44.6 Å². The molecule has 2 heterocycles. The van der Waals surface area contributed by atoms with Gasteiger partial charge in [0, 0.05) is 27.9 Å². The fourth-order valence-electron chi connectivity index (χ4n) is 4.22. The number of aromatic nitrogens is 2. The lowest BCUT2D eigenvalue weighted by molar-refractivity contribution is 0.164. The maximum absolute atomic E-state index is 13.0. The van der Waals surface area contributed by atoms with Crippen molar-refractivity contribution in [3.8, 4) is 10.4 Å². The topological polar surface area (TPSA) is 106 Å². The molecule has 1 amide bonds. The summed E-state index contributed by atoms with van der Waals surface area (Å²) in [6.45, 7) is 1.84. The Balaban J connectivity index is 1.46. The Kier molecular flexibility index (Phi) is 8.71. The van der Waals surface area contributed by atoms with Crippen LogP contribution in [-0.4, -0.2) is 33.1 Å². The molecular formula is C31H29N5O3S2. The molecule has 2 aromatic heterocycles. The molecule has 1 unspecified atom stereocenters. The van der Waals surface area contributed by atoms with E-state index in [1.54, 1.807) is 42.5 Å². The van der Waals surface area contributed by atoms with E-state index in [1.807, 2.05) is 60.1 Å². The molecule has 0 saturated heterocycles. The zero-order valence-corrected chi connectivity index (χ0v) is 24.2. The van der Waals surface area contributed by atoms with Gasteiger partial charge in [-0.1, -0.05) is 66.7 Å². The molecule has 1 atom stereocenters. The summed E-state index contributed by atoms with van der Waals surface area (Å²) in [6, 6.07) is 31.2. The zero-order chi connectivity index (χ0) is 28.7. The summed E-state index contributed by atoms with van der Waals surface area (Å²) >= 11 is 1.62. The molecule has 41 heavy (non-hydrogen) atoms. The van der Waals surface area contributed by atoms with Crippen LogP contribution in [0.4, 0.5) is 22.2 Å². The third-order valence-corrected chi connectivity index (χ3v) is 8.73. The molecule has 5 aromatic rings. The summed E-state index contributed by atoms with van der Waals surface area (Å²) in [5.41, 5.74) is 3.80. The van der Waals surface area contributed by atoms with Gasteiger partial charge in [-0.2, -0.15) is 4.98 Å². The van der Waals surface area contributed by atoms with Gasteiger partial charge in [-0.3, -0.25) is 0 Å². The highest BCUT2D eigenvalue weighted by Crippen LogP contribution is 2.35. The van der Waals surface area contributed by atoms with Gasteiger partial charge in [-0.05, 0) is 53.8 Å². The predicted molar refractivity (Wildman–Crippen MR) is 165 cm³/mol. The lowest BCUT2D eigenvalue weighted by Gasteiger charge is -2.22.